The number of benzene rings is 1. The molecule has 7 atom stereocenters. The first-order chi connectivity index (χ1) is 17.1. The zero-order chi connectivity index (χ0) is 25.9. The van der Waals surface area contributed by atoms with Crippen LogP contribution in [0.2, 0.25) is 0 Å². The van der Waals surface area contributed by atoms with E-state index in [2.05, 4.69) is 0 Å². The number of hydrogen-bond acceptors (Lipinski definition) is 9. The number of aliphatic hydroxyl groups is 2. The predicted octanol–water partition coefficient (Wildman–Crippen LogP) is 0.188. The number of aromatic hydroxyl groups is 1. The van der Waals surface area contributed by atoms with Crippen molar-refractivity contribution in [2.75, 3.05) is 6.61 Å². The van der Waals surface area contributed by atoms with Crippen LogP contribution < -0.4 is 5.73 Å². The Morgan fingerprint density at radius 1 is 1.08 bits per heavy atom. The van der Waals surface area contributed by atoms with E-state index in [0.29, 0.717) is 5.56 Å². The summed E-state index contributed by atoms with van der Waals surface area (Å²) in [5.41, 5.74) is 2.55. The Labute approximate surface area is 206 Å². The Bertz CT molecular complexity index is 1160. The van der Waals surface area contributed by atoms with Gasteiger partial charge in [0.2, 0.25) is 5.91 Å². The molecular formula is C26H29NO9. The normalized spacial score (nSPS) is 36.7. The van der Waals surface area contributed by atoms with Crippen LogP contribution in [0, 0.1) is 23.7 Å². The van der Waals surface area contributed by atoms with Crippen LogP contribution in [0.25, 0.3) is 0 Å². The number of fused-ring (bicyclic) bond motifs is 3. The minimum Gasteiger partial charge on any atom is -0.507 e. The Hall–Kier alpha value is -2.95. The SMILES string of the molecule is NC(=O)C1C(=O)C[C@@H]2[C@@H](O)[C@H]3C(C(=O)c4c(O)cccc4[C@@H]3COC3CCCCC3)C(=O)[C@]2(O)C1=O. The van der Waals surface area contributed by atoms with Gasteiger partial charge in [0, 0.05) is 24.2 Å². The van der Waals surface area contributed by atoms with Crippen molar-refractivity contribution in [3.05, 3.63) is 29.3 Å². The highest BCUT2D eigenvalue weighted by atomic mass is 16.5. The molecule has 3 fully saturated rings. The maximum atomic E-state index is 13.7. The summed E-state index contributed by atoms with van der Waals surface area (Å²) < 4.78 is 6.17. The fraction of sp³-hybridized carbons (Fsp3) is 0.577. The van der Waals surface area contributed by atoms with Crippen molar-refractivity contribution in [1.82, 2.24) is 0 Å². The number of carbonyl (C=O) groups excluding carboxylic acids is 5. The lowest BCUT2D eigenvalue weighted by atomic mass is 9.50. The second-order valence-corrected chi connectivity index (χ2v) is 10.5. The van der Waals surface area contributed by atoms with Crippen LogP contribution >= 0.6 is 0 Å². The number of phenols is 1. The first-order valence-electron chi connectivity index (χ1n) is 12.4. The maximum Gasteiger partial charge on any atom is 0.235 e. The molecule has 0 bridgehead atoms. The highest BCUT2D eigenvalue weighted by molar-refractivity contribution is 6.31. The second kappa shape index (κ2) is 8.86. The fourth-order valence-corrected chi connectivity index (χ4v) is 6.80. The third-order valence-electron chi connectivity index (χ3n) is 8.58. The van der Waals surface area contributed by atoms with Crippen molar-refractivity contribution in [3.63, 3.8) is 0 Å². The van der Waals surface area contributed by atoms with E-state index in [0.717, 1.165) is 32.1 Å². The minimum absolute atomic E-state index is 0.0295. The van der Waals surface area contributed by atoms with Gasteiger partial charge in [-0.05, 0) is 24.5 Å². The average molecular weight is 500 g/mol. The van der Waals surface area contributed by atoms with Crippen molar-refractivity contribution >= 4 is 29.0 Å². The monoisotopic (exact) mass is 499 g/mol. The number of ketones is 4. The summed E-state index contributed by atoms with van der Waals surface area (Å²) in [6.45, 7) is 0.0386. The van der Waals surface area contributed by atoms with Gasteiger partial charge in [-0.15, -0.1) is 0 Å². The summed E-state index contributed by atoms with van der Waals surface area (Å²) in [7, 11) is 0. The van der Waals surface area contributed by atoms with Gasteiger partial charge < -0.3 is 25.8 Å². The Morgan fingerprint density at radius 3 is 2.44 bits per heavy atom. The van der Waals surface area contributed by atoms with Gasteiger partial charge in [-0.3, -0.25) is 24.0 Å². The molecule has 0 heterocycles. The number of aliphatic hydroxyl groups excluding tert-OH is 1. The van der Waals surface area contributed by atoms with Crippen LogP contribution in [0.4, 0.5) is 0 Å². The molecule has 36 heavy (non-hydrogen) atoms. The van der Waals surface area contributed by atoms with Crippen LogP contribution in [0.5, 0.6) is 5.75 Å². The molecule has 3 saturated carbocycles. The van der Waals surface area contributed by atoms with Crippen molar-refractivity contribution in [1.29, 1.82) is 0 Å². The van der Waals surface area contributed by atoms with Crippen molar-refractivity contribution < 1.29 is 44.0 Å². The van der Waals surface area contributed by atoms with Gasteiger partial charge in [-0.1, -0.05) is 31.4 Å². The molecule has 2 unspecified atom stereocenters. The van der Waals surface area contributed by atoms with Crippen molar-refractivity contribution in [2.45, 2.75) is 62.3 Å². The molecule has 4 aliphatic rings. The lowest BCUT2D eigenvalue weighted by Gasteiger charge is -2.53. The molecule has 10 heteroatoms. The first-order valence-corrected chi connectivity index (χ1v) is 12.4. The highest BCUT2D eigenvalue weighted by Crippen LogP contribution is 2.54. The first kappa shape index (κ1) is 24.7. The smallest absolute Gasteiger partial charge is 0.235 e. The molecule has 1 amide bonds. The van der Waals surface area contributed by atoms with E-state index in [1.54, 1.807) is 12.1 Å². The van der Waals surface area contributed by atoms with Gasteiger partial charge in [-0.2, -0.15) is 0 Å². The van der Waals surface area contributed by atoms with E-state index in [4.69, 9.17) is 10.5 Å². The lowest BCUT2D eigenvalue weighted by molar-refractivity contribution is -0.190. The topological polar surface area (TPSA) is 181 Å². The van der Waals surface area contributed by atoms with E-state index in [9.17, 15) is 39.3 Å². The molecule has 5 N–H and O–H groups in total. The van der Waals surface area contributed by atoms with Gasteiger partial charge in [0.25, 0.3) is 0 Å². The number of hydrogen-bond donors (Lipinski definition) is 4. The summed E-state index contributed by atoms with van der Waals surface area (Å²) in [4.78, 5) is 64.8. The summed E-state index contributed by atoms with van der Waals surface area (Å²) in [6, 6.07) is 4.47. The van der Waals surface area contributed by atoms with Crippen LogP contribution in [0.1, 0.15) is 60.4 Å². The Kier molecular flexibility index (Phi) is 6.09. The average Bonchev–Trinajstić information content (AvgIpc) is 2.84. The zero-order valence-electron chi connectivity index (χ0n) is 19.6. The van der Waals surface area contributed by atoms with Gasteiger partial charge in [-0.25, -0.2) is 0 Å². The standard InChI is InChI=1S/C26H29NO9/c27-25(34)19-16(29)9-14-21(30)18-13(10-36-11-5-2-1-3-6-11)12-7-4-8-15(28)17(12)22(31)20(18)24(33)26(14,35)23(19)32/h4,7-8,11,13-14,18-21,28,30,35H,1-3,5-6,9-10H2,(H2,27,34)/t13-,14+,18+,19?,20?,21+,26+/m0/s1. The molecule has 0 spiro atoms. The Morgan fingerprint density at radius 2 is 1.78 bits per heavy atom. The number of phenolic OH excluding ortho intramolecular Hbond substituents is 1. The molecule has 0 radical (unpaired) electrons. The molecule has 4 aliphatic carbocycles. The Balaban J connectivity index is 1.59. The maximum absolute atomic E-state index is 13.7. The number of carbonyl (C=O) groups is 5. The van der Waals surface area contributed by atoms with Crippen LogP contribution in [-0.4, -0.2) is 68.8 Å². The van der Waals surface area contributed by atoms with E-state index in [1.807, 2.05) is 0 Å². The number of rotatable bonds is 4. The molecule has 0 saturated heterocycles. The summed E-state index contributed by atoms with van der Waals surface area (Å²) >= 11 is 0. The van der Waals surface area contributed by atoms with Crippen LogP contribution in [0.3, 0.4) is 0 Å². The summed E-state index contributed by atoms with van der Waals surface area (Å²) in [5.74, 6) is -13.1. The van der Waals surface area contributed by atoms with Gasteiger partial charge in [0.05, 0.1) is 30.3 Å². The quantitative estimate of drug-likeness (QED) is 0.420. The molecule has 5 rings (SSSR count). The highest BCUT2D eigenvalue weighted by Gasteiger charge is 2.70. The predicted molar refractivity (Wildman–Crippen MR) is 122 cm³/mol. The van der Waals surface area contributed by atoms with E-state index >= 15 is 0 Å². The van der Waals surface area contributed by atoms with Crippen LogP contribution in [0.15, 0.2) is 18.2 Å². The largest absolute Gasteiger partial charge is 0.507 e. The number of ether oxygens (including phenoxy) is 1. The summed E-state index contributed by atoms with van der Waals surface area (Å²) in [5, 5.41) is 33.4. The summed E-state index contributed by atoms with van der Waals surface area (Å²) in [6.07, 6.45) is 2.58. The number of nitrogens with two attached hydrogens (primary N) is 1. The molecule has 192 valence electrons. The van der Waals surface area contributed by atoms with Crippen LogP contribution in [-0.2, 0) is 23.9 Å². The van der Waals surface area contributed by atoms with Gasteiger partial charge in [0.1, 0.15) is 5.75 Å². The van der Waals surface area contributed by atoms with Gasteiger partial charge in [0.15, 0.2) is 34.7 Å². The van der Waals surface area contributed by atoms with E-state index < -0.39 is 76.8 Å². The number of primary amides is 1. The third-order valence-corrected chi connectivity index (χ3v) is 8.58. The van der Waals surface area contributed by atoms with E-state index in [-0.39, 0.29) is 24.0 Å². The lowest BCUT2D eigenvalue weighted by Crippen LogP contribution is -2.72. The van der Waals surface area contributed by atoms with Crippen molar-refractivity contribution in [2.24, 2.45) is 29.4 Å². The third kappa shape index (κ3) is 3.46. The molecule has 0 aliphatic heterocycles. The zero-order valence-corrected chi connectivity index (χ0v) is 19.6. The van der Waals surface area contributed by atoms with Gasteiger partial charge >= 0.3 is 0 Å². The minimum atomic E-state index is -2.93. The molecule has 1 aromatic carbocycles. The number of Topliss-reactive ketones (excluding diaryl/α,β-unsaturated/α-hetero) is 4. The second-order valence-electron chi connectivity index (χ2n) is 10.5. The fourth-order valence-electron chi connectivity index (χ4n) is 6.80. The molecular weight excluding hydrogens is 470 g/mol. The number of amides is 1. The van der Waals surface area contributed by atoms with E-state index in [1.165, 1.54) is 6.07 Å². The van der Waals surface area contributed by atoms with Crippen molar-refractivity contribution in [3.8, 4) is 5.75 Å². The molecule has 1 aromatic rings. The molecule has 0 aromatic heterocycles. The molecule has 10 nitrogen and oxygen atoms in total.